The number of hydrogen-bond donors (Lipinski definition) is 1. The average Bonchev–Trinajstić information content (AvgIpc) is 3.16. The molecule has 0 spiro atoms. The number of ether oxygens (including phenoxy) is 1. The fraction of sp³-hybridized carbons (Fsp3) is 0.474. The molecule has 1 fully saturated rings. The molecule has 1 amide bonds. The summed E-state index contributed by atoms with van der Waals surface area (Å²) in [5.41, 5.74) is 8.25. The second kappa shape index (κ2) is 8.10. The molecule has 2 heterocycles. The van der Waals surface area contributed by atoms with Crippen LogP contribution in [0.4, 0.5) is 0 Å². The molecule has 142 valence electrons. The first-order valence-electron chi connectivity index (χ1n) is 8.56. The quantitative estimate of drug-likeness (QED) is 0.863. The van der Waals surface area contributed by atoms with E-state index in [-0.39, 0.29) is 23.7 Å². The molecule has 2 aromatic rings. The fourth-order valence-corrected chi connectivity index (χ4v) is 3.13. The maximum Gasteiger partial charge on any atom is 0.254 e. The van der Waals surface area contributed by atoms with Crippen molar-refractivity contribution < 1.29 is 14.1 Å². The molecule has 26 heavy (non-hydrogen) atoms. The highest BCUT2D eigenvalue weighted by Gasteiger charge is 2.35. The van der Waals surface area contributed by atoms with E-state index in [0.29, 0.717) is 31.0 Å². The zero-order valence-corrected chi connectivity index (χ0v) is 16.3. The van der Waals surface area contributed by atoms with Crippen LogP contribution in [-0.4, -0.2) is 35.6 Å². The minimum atomic E-state index is 0. The maximum atomic E-state index is 12.7. The highest BCUT2D eigenvalue weighted by atomic mass is 35.5. The minimum Gasteiger partial charge on any atom is -0.489 e. The first-order chi connectivity index (χ1) is 11.9. The smallest absolute Gasteiger partial charge is 0.254 e. The standard InChI is InChI=1S/C19H25N3O3.ClH/c1-13-17(14(2)25-21-13)10-24-16-6-4-5-15(9-16)18(23)22-8-7-19(3,11-20)12-22;/h4-6,9H,7-8,10-12,20H2,1-3H3;1H. The van der Waals surface area contributed by atoms with Crippen molar-refractivity contribution in [2.75, 3.05) is 19.6 Å². The summed E-state index contributed by atoms with van der Waals surface area (Å²) in [6.07, 6.45) is 0.942. The molecule has 1 aliphatic heterocycles. The van der Waals surface area contributed by atoms with Gasteiger partial charge in [0, 0.05) is 18.7 Å². The minimum absolute atomic E-state index is 0. The molecule has 1 aromatic carbocycles. The number of nitrogens with zero attached hydrogens (tertiary/aromatic N) is 2. The molecule has 1 aromatic heterocycles. The number of halogens is 1. The van der Waals surface area contributed by atoms with Gasteiger partial charge >= 0.3 is 0 Å². The first kappa shape index (κ1) is 20.3. The Bertz CT molecular complexity index is 758. The van der Waals surface area contributed by atoms with Crippen molar-refractivity contribution in [3.63, 3.8) is 0 Å². The third-order valence-electron chi connectivity index (χ3n) is 4.98. The fourth-order valence-electron chi connectivity index (χ4n) is 3.13. The maximum absolute atomic E-state index is 12.7. The molecule has 1 atom stereocenters. The summed E-state index contributed by atoms with van der Waals surface area (Å²) < 4.78 is 11.0. The summed E-state index contributed by atoms with van der Waals surface area (Å²) in [6, 6.07) is 7.30. The Morgan fingerprint density at radius 1 is 1.42 bits per heavy atom. The first-order valence-corrected chi connectivity index (χ1v) is 8.56. The predicted molar refractivity (Wildman–Crippen MR) is 102 cm³/mol. The van der Waals surface area contributed by atoms with Crippen LogP contribution in [0, 0.1) is 19.3 Å². The van der Waals surface area contributed by atoms with Crippen LogP contribution in [0.5, 0.6) is 5.75 Å². The van der Waals surface area contributed by atoms with Gasteiger partial charge in [-0.3, -0.25) is 4.79 Å². The normalized spacial score (nSPS) is 19.3. The molecule has 1 aliphatic rings. The molecule has 1 saturated heterocycles. The van der Waals surface area contributed by atoms with E-state index >= 15 is 0 Å². The van der Waals surface area contributed by atoms with Crippen molar-refractivity contribution in [3.8, 4) is 5.75 Å². The van der Waals surface area contributed by atoms with E-state index in [4.69, 9.17) is 15.0 Å². The molecule has 0 saturated carbocycles. The van der Waals surface area contributed by atoms with E-state index in [0.717, 1.165) is 30.0 Å². The summed E-state index contributed by atoms with van der Waals surface area (Å²) in [5, 5.41) is 3.92. The lowest BCUT2D eigenvalue weighted by molar-refractivity contribution is 0.0776. The number of likely N-dealkylation sites (tertiary alicyclic amines) is 1. The Hall–Kier alpha value is -2.05. The van der Waals surface area contributed by atoms with E-state index in [9.17, 15) is 4.79 Å². The summed E-state index contributed by atoms with van der Waals surface area (Å²) in [4.78, 5) is 14.6. The van der Waals surface area contributed by atoms with Gasteiger partial charge in [-0.25, -0.2) is 0 Å². The molecule has 7 heteroatoms. The predicted octanol–water partition coefficient (Wildman–Crippen LogP) is 3.10. The number of aromatic nitrogens is 1. The van der Waals surface area contributed by atoms with Crippen molar-refractivity contribution in [1.29, 1.82) is 0 Å². The van der Waals surface area contributed by atoms with Gasteiger partial charge in [0.1, 0.15) is 18.1 Å². The van der Waals surface area contributed by atoms with Gasteiger partial charge in [-0.2, -0.15) is 0 Å². The highest BCUT2D eigenvalue weighted by Crippen LogP contribution is 2.30. The Balaban J connectivity index is 0.00000243. The Morgan fingerprint density at radius 3 is 2.81 bits per heavy atom. The van der Waals surface area contributed by atoms with Crippen LogP contribution < -0.4 is 10.5 Å². The number of carbonyl (C=O) groups is 1. The van der Waals surface area contributed by atoms with Crippen LogP contribution in [0.1, 0.15) is 40.7 Å². The second-order valence-corrected chi connectivity index (χ2v) is 7.11. The molecule has 0 radical (unpaired) electrons. The zero-order valence-electron chi connectivity index (χ0n) is 15.4. The zero-order chi connectivity index (χ0) is 18.0. The third-order valence-corrected chi connectivity index (χ3v) is 4.98. The van der Waals surface area contributed by atoms with Gasteiger partial charge in [0.05, 0.1) is 11.3 Å². The van der Waals surface area contributed by atoms with Crippen LogP contribution >= 0.6 is 12.4 Å². The average molecular weight is 380 g/mol. The van der Waals surface area contributed by atoms with Crippen LogP contribution in [0.3, 0.4) is 0 Å². The third kappa shape index (κ3) is 4.19. The summed E-state index contributed by atoms with van der Waals surface area (Å²) >= 11 is 0. The topological polar surface area (TPSA) is 81.6 Å². The number of aryl methyl sites for hydroxylation is 2. The van der Waals surface area contributed by atoms with Crippen LogP contribution in [0.15, 0.2) is 28.8 Å². The SMILES string of the molecule is Cc1noc(C)c1COc1cccc(C(=O)N2CCC(C)(CN)C2)c1.Cl. The molecule has 0 aliphatic carbocycles. The van der Waals surface area contributed by atoms with Crippen LogP contribution in [0.25, 0.3) is 0 Å². The van der Waals surface area contributed by atoms with Crippen molar-refractivity contribution in [2.45, 2.75) is 33.8 Å². The lowest BCUT2D eigenvalue weighted by Crippen LogP contribution is -2.34. The van der Waals surface area contributed by atoms with Crippen molar-refractivity contribution >= 4 is 18.3 Å². The van der Waals surface area contributed by atoms with Gasteiger partial charge in [-0.05, 0) is 50.4 Å². The van der Waals surface area contributed by atoms with Gasteiger partial charge in [-0.15, -0.1) is 12.4 Å². The van der Waals surface area contributed by atoms with Gasteiger partial charge < -0.3 is 19.9 Å². The van der Waals surface area contributed by atoms with E-state index < -0.39 is 0 Å². The van der Waals surface area contributed by atoms with Gasteiger partial charge in [-0.1, -0.05) is 18.1 Å². The lowest BCUT2D eigenvalue weighted by atomic mass is 9.90. The van der Waals surface area contributed by atoms with E-state index in [1.807, 2.05) is 36.9 Å². The molecular formula is C19H26ClN3O3. The molecule has 3 rings (SSSR count). The largest absolute Gasteiger partial charge is 0.489 e. The number of nitrogens with two attached hydrogens (primary N) is 1. The summed E-state index contributed by atoms with van der Waals surface area (Å²) in [7, 11) is 0. The van der Waals surface area contributed by atoms with Gasteiger partial charge in [0.2, 0.25) is 0 Å². The molecule has 1 unspecified atom stereocenters. The number of rotatable bonds is 5. The number of carbonyl (C=O) groups excluding carboxylic acids is 1. The van der Waals surface area contributed by atoms with E-state index in [2.05, 4.69) is 12.1 Å². The van der Waals surface area contributed by atoms with Crippen molar-refractivity contribution in [1.82, 2.24) is 10.1 Å². The molecule has 0 bridgehead atoms. The molecule has 2 N–H and O–H groups in total. The Morgan fingerprint density at radius 2 is 2.19 bits per heavy atom. The molecule has 6 nitrogen and oxygen atoms in total. The monoisotopic (exact) mass is 379 g/mol. The Kier molecular flexibility index (Phi) is 6.31. The van der Waals surface area contributed by atoms with Gasteiger partial charge in [0.15, 0.2) is 0 Å². The number of benzene rings is 1. The second-order valence-electron chi connectivity index (χ2n) is 7.11. The Labute approximate surface area is 160 Å². The summed E-state index contributed by atoms with van der Waals surface area (Å²) in [5.74, 6) is 1.44. The van der Waals surface area contributed by atoms with Crippen LogP contribution in [-0.2, 0) is 6.61 Å². The summed E-state index contributed by atoms with van der Waals surface area (Å²) in [6.45, 7) is 8.29. The van der Waals surface area contributed by atoms with E-state index in [1.54, 1.807) is 6.07 Å². The van der Waals surface area contributed by atoms with Crippen LogP contribution in [0.2, 0.25) is 0 Å². The number of hydrogen-bond acceptors (Lipinski definition) is 5. The highest BCUT2D eigenvalue weighted by molar-refractivity contribution is 5.94. The van der Waals surface area contributed by atoms with Gasteiger partial charge in [0.25, 0.3) is 5.91 Å². The van der Waals surface area contributed by atoms with Crippen molar-refractivity contribution in [3.05, 3.63) is 46.8 Å². The number of amides is 1. The lowest BCUT2D eigenvalue weighted by Gasteiger charge is -2.22. The molecular weight excluding hydrogens is 354 g/mol. The van der Waals surface area contributed by atoms with E-state index in [1.165, 1.54) is 0 Å². The van der Waals surface area contributed by atoms with Crippen molar-refractivity contribution in [2.24, 2.45) is 11.1 Å².